The molecule has 5 nitrogen and oxygen atoms in total. The Labute approximate surface area is 167 Å². The molecule has 2 aromatic rings. The molecule has 0 aliphatic rings. The third-order valence-electron chi connectivity index (χ3n) is 4.53. The van der Waals surface area contributed by atoms with Crippen LogP contribution in [0.4, 0.5) is 0 Å². The van der Waals surface area contributed by atoms with Gasteiger partial charge in [0.25, 0.3) is 0 Å². The first-order valence-electron chi connectivity index (χ1n) is 9.55. The normalized spacial score (nSPS) is 14.3. The molecule has 0 bridgehead atoms. The summed E-state index contributed by atoms with van der Waals surface area (Å²) in [6, 6.07) is 17.6. The summed E-state index contributed by atoms with van der Waals surface area (Å²) in [5, 5.41) is 10.2. The van der Waals surface area contributed by atoms with Crippen LogP contribution < -0.4 is 4.74 Å². The first-order valence-corrected chi connectivity index (χ1v) is 9.55. The molecule has 0 amide bonds. The van der Waals surface area contributed by atoms with Crippen molar-refractivity contribution in [3.05, 3.63) is 65.7 Å². The summed E-state index contributed by atoms with van der Waals surface area (Å²) in [6.07, 6.45) is -0.860. The van der Waals surface area contributed by atoms with Crippen LogP contribution in [0.1, 0.15) is 37.8 Å². The molecule has 0 radical (unpaired) electrons. The zero-order valence-electron chi connectivity index (χ0n) is 16.8. The zero-order valence-corrected chi connectivity index (χ0v) is 16.8. The number of ether oxygens (including phenoxy) is 3. The number of aliphatic hydroxyl groups is 1. The van der Waals surface area contributed by atoms with Crippen molar-refractivity contribution in [3.8, 4) is 5.75 Å². The molecular formula is C23H30O5. The lowest BCUT2D eigenvalue weighted by Gasteiger charge is -2.26. The van der Waals surface area contributed by atoms with Crippen LogP contribution in [0, 0.1) is 0 Å². The quantitative estimate of drug-likeness (QED) is 0.599. The van der Waals surface area contributed by atoms with Gasteiger partial charge in [0.2, 0.25) is 0 Å². The minimum atomic E-state index is -0.749. The van der Waals surface area contributed by atoms with Crippen LogP contribution in [0.15, 0.2) is 54.6 Å². The molecule has 2 rings (SSSR count). The standard InChI is InChI=1S/C23H30O5/c1-17(24)13-21(25)14-23(18(2)27-15-19-7-5-4-6-8-19)28-16-20-9-11-22(26-3)12-10-20/h4-12,18,21,23,25H,13-16H2,1-3H3/t18-,21?,23-/m1/s1. The Kier molecular flexibility index (Phi) is 9.14. The number of carbonyl (C=O) groups excluding carboxylic acids is 1. The maximum atomic E-state index is 11.3. The maximum Gasteiger partial charge on any atom is 0.132 e. The van der Waals surface area contributed by atoms with E-state index in [0.717, 1.165) is 16.9 Å². The molecule has 0 saturated carbocycles. The molecule has 1 N–H and O–H groups in total. The van der Waals surface area contributed by atoms with Crippen molar-refractivity contribution in [2.45, 2.75) is 58.2 Å². The van der Waals surface area contributed by atoms with E-state index in [-0.39, 0.29) is 24.4 Å². The Morgan fingerprint density at radius 1 is 0.964 bits per heavy atom. The number of aliphatic hydroxyl groups excluding tert-OH is 1. The summed E-state index contributed by atoms with van der Waals surface area (Å²) >= 11 is 0. The number of rotatable bonds is 12. The Hall–Kier alpha value is -2.21. The molecule has 0 saturated heterocycles. The average molecular weight is 386 g/mol. The van der Waals surface area contributed by atoms with Crippen LogP contribution >= 0.6 is 0 Å². The Bertz CT molecular complexity index is 699. The highest BCUT2D eigenvalue weighted by Gasteiger charge is 2.23. The van der Waals surface area contributed by atoms with Gasteiger partial charge in [-0.2, -0.15) is 0 Å². The molecule has 3 atom stereocenters. The SMILES string of the molecule is COc1ccc(CO[C@H](CC(O)CC(C)=O)[C@@H](C)OCc2ccccc2)cc1. The molecule has 5 heteroatoms. The van der Waals surface area contributed by atoms with Crippen molar-refractivity contribution in [2.24, 2.45) is 0 Å². The van der Waals surface area contributed by atoms with Gasteiger partial charge in [-0.15, -0.1) is 0 Å². The summed E-state index contributed by atoms with van der Waals surface area (Å²) in [7, 11) is 1.63. The molecule has 28 heavy (non-hydrogen) atoms. The predicted molar refractivity (Wildman–Crippen MR) is 108 cm³/mol. The van der Waals surface area contributed by atoms with Gasteiger partial charge in [0, 0.05) is 12.8 Å². The fourth-order valence-electron chi connectivity index (χ4n) is 2.91. The molecular weight excluding hydrogens is 356 g/mol. The molecule has 0 aliphatic heterocycles. The summed E-state index contributed by atoms with van der Waals surface area (Å²) < 4.78 is 17.2. The van der Waals surface area contributed by atoms with Gasteiger partial charge in [-0.1, -0.05) is 42.5 Å². The van der Waals surface area contributed by atoms with Crippen LogP contribution in [0.2, 0.25) is 0 Å². The van der Waals surface area contributed by atoms with Crippen molar-refractivity contribution in [3.63, 3.8) is 0 Å². The van der Waals surface area contributed by atoms with Gasteiger partial charge in [0.15, 0.2) is 0 Å². The summed E-state index contributed by atoms with van der Waals surface area (Å²) in [5.74, 6) is 0.746. The van der Waals surface area contributed by atoms with Gasteiger partial charge in [0.1, 0.15) is 11.5 Å². The number of hydrogen-bond donors (Lipinski definition) is 1. The van der Waals surface area contributed by atoms with Crippen LogP contribution in [-0.2, 0) is 27.5 Å². The van der Waals surface area contributed by atoms with Crippen LogP contribution in [-0.4, -0.2) is 36.3 Å². The van der Waals surface area contributed by atoms with Crippen LogP contribution in [0.25, 0.3) is 0 Å². The minimum Gasteiger partial charge on any atom is -0.497 e. The van der Waals surface area contributed by atoms with E-state index < -0.39 is 6.10 Å². The molecule has 1 unspecified atom stereocenters. The van der Waals surface area contributed by atoms with E-state index in [2.05, 4.69) is 0 Å². The van der Waals surface area contributed by atoms with E-state index in [1.807, 2.05) is 61.5 Å². The smallest absolute Gasteiger partial charge is 0.132 e. The summed E-state index contributed by atoms with van der Waals surface area (Å²) in [6.45, 7) is 4.27. The van der Waals surface area contributed by atoms with Gasteiger partial charge in [-0.25, -0.2) is 0 Å². The maximum absolute atomic E-state index is 11.3. The Balaban J connectivity index is 1.96. The number of Topliss-reactive ketones (excluding diaryl/α,β-unsaturated/α-hetero) is 1. The largest absolute Gasteiger partial charge is 0.497 e. The van der Waals surface area contributed by atoms with Crippen molar-refractivity contribution in [1.82, 2.24) is 0 Å². The first kappa shape index (κ1) is 22.1. The highest BCUT2D eigenvalue weighted by atomic mass is 16.5. The lowest BCUT2D eigenvalue weighted by molar-refractivity contribution is -0.121. The zero-order chi connectivity index (χ0) is 20.4. The van der Waals surface area contributed by atoms with E-state index in [1.165, 1.54) is 6.92 Å². The van der Waals surface area contributed by atoms with Crippen LogP contribution in [0.3, 0.4) is 0 Å². The van der Waals surface area contributed by atoms with Gasteiger partial charge in [0.05, 0.1) is 38.6 Å². The number of carbonyl (C=O) groups is 1. The van der Waals surface area contributed by atoms with E-state index in [9.17, 15) is 9.90 Å². The minimum absolute atomic E-state index is 0.0424. The summed E-state index contributed by atoms with van der Waals surface area (Å²) in [5.41, 5.74) is 2.08. The Morgan fingerprint density at radius 2 is 1.57 bits per heavy atom. The molecule has 152 valence electrons. The molecule has 0 aromatic heterocycles. The van der Waals surface area contributed by atoms with E-state index in [1.54, 1.807) is 7.11 Å². The molecule has 2 aromatic carbocycles. The highest BCUT2D eigenvalue weighted by Crippen LogP contribution is 2.18. The molecule has 0 aliphatic carbocycles. The predicted octanol–water partition coefficient (Wildman–Crippen LogP) is 3.92. The van der Waals surface area contributed by atoms with E-state index >= 15 is 0 Å². The molecule has 0 heterocycles. The lowest BCUT2D eigenvalue weighted by atomic mass is 10.0. The summed E-state index contributed by atoms with van der Waals surface area (Å²) in [4.78, 5) is 11.3. The van der Waals surface area contributed by atoms with Crippen molar-refractivity contribution in [1.29, 1.82) is 0 Å². The van der Waals surface area contributed by atoms with Gasteiger partial charge >= 0.3 is 0 Å². The topological polar surface area (TPSA) is 65.0 Å². The van der Waals surface area contributed by atoms with Gasteiger partial charge in [-0.05, 0) is 37.1 Å². The van der Waals surface area contributed by atoms with Crippen molar-refractivity contribution >= 4 is 5.78 Å². The van der Waals surface area contributed by atoms with Crippen molar-refractivity contribution in [2.75, 3.05) is 7.11 Å². The van der Waals surface area contributed by atoms with E-state index in [0.29, 0.717) is 19.6 Å². The third kappa shape index (κ3) is 7.80. The monoisotopic (exact) mass is 386 g/mol. The van der Waals surface area contributed by atoms with Crippen molar-refractivity contribution < 1.29 is 24.1 Å². The van der Waals surface area contributed by atoms with E-state index in [4.69, 9.17) is 14.2 Å². The second-order valence-corrected chi connectivity index (χ2v) is 6.99. The van der Waals surface area contributed by atoms with Gasteiger partial charge in [-0.3, -0.25) is 4.79 Å². The molecule has 0 spiro atoms. The number of benzene rings is 2. The second-order valence-electron chi connectivity index (χ2n) is 6.99. The number of ketones is 1. The highest BCUT2D eigenvalue weighted by molar-refractivity contribution is 5.75. The van der Waals surface area contributed by atoms with Gasteiger partial charge < -0.3 is 19.3 Å². The second kappa shape index (κ2) is 11.6. The first-order chi connectivity index (χ1) is 13.5. The fourth-order valence-corrected chi connectivity index (χ4v) is 2.91. The Morgan fingerprint density at radius 3 is 2.18 bits per heavy atom. The fraction of sp³-hybridized carbons (Fsp3) is 0.435. The average Bonchev–Trinajstić information content (AvgIpc) is 2.70. The third-order valence-corrected chi connectivity index (χ3v) is 4.53. The lowest BCUT2D eigenvalue weighted by Crippen LogP contribution is -2.33. The number of methoxy groups -OCH3 is 1. The molecule has 0 fully saturated rings. The number of hydrogen-bond acceptors (Lipinski definition) is 5. The van der Waals surface area contributed by atoms with Crippen LogP contribution in [0.5, 0.6) is 5.75 Å².